The molecule has 0 saturated heterocycles. The third-order valence-corrected chi connectivity index (χ3v) is 10.4. The summed E-state index contributed by atoms with van der Waals surface area (Å²) in [6.07, 6.45) is 5.51. The fraction of sp³-hybridized carbons (Fsp3) is 0. The van der Waals surface area contributed by atoms with Gasteiger partial charge in [0.15, 0.2) is 0 Å². The second-order valence-corrected chi connectivity index (χ2v) is 13.6. The molecule has 0 aliphatic rings. The molecular formula is C48H28N6. The van der Waals surface area contributed by atoms with Crippen molar-refractivity contribution in [2.24, 2.45) is 0 Å². The molecule has 6 heteroatoms. The average molecular weight is 689 g/mol. The lowest BCUT2D eigenvalue weighted by Crippen LogP contribution is -1.92. The molecule has 0 aliphatic carbocycles. The number of hydrogen-bond acceptors (Lipinski definition) is 6. The first-order valence-corrected chi connectivity index (χ1v) is 17.9. The van der Waals surface area contributed by atoms with Crippen LogP contribution in [0.2, 0.25) is 0 Å². The van der Waals surface area contributed by atoms with E-state index in [4.69, 9.17) is 15.0 Å². The van der Waals surface area contributed by atoms with Crippen LogP contribution >= 0.6 is 0 Å². The van der Waals surface area contributed by atoms with E-state index in [9.17, 15) is 0 Å². The van der Waals surface area contributed by atoms with Crippen LogP contribution in [0.4, 0.5) is 0 Å². The van der Waals surface area contributed by atoms with Gasteiger partial charge in [0.25, 0.3) is 0 Å². The van der Waals surface area contributed by atoms with Crippen LogP contribution in [0.1, 0.15) is 0 Å². The minimum Gasteiger partial charge on any atom is -0.254 e. The summed E-state index contributed by atoms with van der Waals surface area (Å²) in [5.74, 6) is 0. The summed E-state index contributed by atoms with van der Waals surface area (Å²) < 4.78 is 0. The third kappa shape index (κ3) is 5.04. The molecule has 0 fully saturated rings. The minimum absolute atomic E-state index is 0.826. The highest BCUT2D eigenvalue weighted by atomic mass is 14.8. The number of aromatic nitrogens is 6. The van der Waals surface area contributed by atoms with E-state index in [-0.39, 0.29) is 0 Å². The number of benzene rings is 5. The van der Waals surface area contributed by atoms with Crippen LogP contribution in [0.3, 0.4) is 0 Å². The number of pyridine rings is 6. The van der Waals surface area contributed by atoms with Crippen LogP contribution in [0.15, 0.2) is 170 Å². The zero-order chi connectivity index (χ0) is 35.6. The van der Waals surface area contributed by atoms with Crippen molar-refractivity contribution < 1.29 is 0 Å². The van der Waals surface area contributed by atoms with Crippen LogP contribution in [-0.2, 0) is 0 Å². The first kappa shape index (κ1) is 30.2. The maximum absolute atomic E-state index is 5.08. The molecule has 0 aliphatic heterocycles. The van der Waals surface area contributed by atoms with Gasteiger partial charge >= 0.3 is 0 Å². The van der Waals surface area contributed by atoms with E-state index >= 15 is 0 Å². The van der Waals surface area contributed by atoms with E-state index in [1.807, 2.05) is 42.9 Å². The highest BCUT2D eigenvalue weighted by molar-refractivity contribution is 6.08. The quantitative estimate of drug-likeness (QED) is 0.171. The van der Waals surface area contributed by atoms with E-state index in [1.165, 1.54) is 0 Å². The second-order valence-electron chi connectivity index (χ2n) is 13.6. The topological polar surface area (TPSA) is 77.3 Å². The van der Waals surface area contributed by atoms with Crippen LogP contribution in [0.25, 0.3) is 110 Å². The van der Waals surface area contributed by atoms with E-state index < -0.39 is 0 Å². The van der Waals surface area contributed by atoms with Gasteiger partial charge in [-0.3, -0.25) is 15.0 Å². The summed E-state index contributed by atoms with van der Waals surface area (Å²) in [6, 6.07) is 52.6. The van der Waals surface area contributed by atoms with Crippen molar-refractivity contribution in [1.29, 1.82) is 0 Å². The molecule has 54 heavy (non-hydrogen) atoms. The average Bonchev–Trinajstić information content (AvgIpc) is 3.25. The molecule has 6 heterocycles. The Morgan fingerprint density at radius 1 is 0.296 bits per heavy atom. The van der Waals surface area contributed by atoms with Crippen molar-refractivity contribution in [3.8, 4) is 44.9 Å². The van der Waals surface area contributed by atoms with Crippen LogP contribution in [0.5, 0.6) is 0 Å². The third-order valence-electron chi connectivity index (χ3n) is 10.4. The minimum atomic E-state index is 0.826. The second kappa shape index (κ2) is 12.1. The van der Waals surface area contributed by atoms with Crippen LogP contribution < -0.4 is 0 Å². The van der Waals surface area contributed by atoms with Gasteiger partial charge in [-0.15, -0.1) is 0 Å². The van der Waals surface area contributed by atoms with Gasteiger partial charge in [0, 0.05) is 56.5 Å². The Morgan fingerprint density at radius 3 is 1.69 bits per heavy atom. The molecule has 250 valence electrons. The number of fused-ring (bicyclic) bond motifs is 8. The Balaban J connectivity index is 0.893. The molecule has 0 N–H and O–H groups in total. The van der Waals surface area contributed by atoms with Crippen molar-refractivity contribution in [1.82, 2.24) is 29.9 Å². The molecule has 0 bridgehead atoms. The zero-order valence-electron chi connectivity index (χ0n) is 28.8. The summed E-state index contributed by atoms with van der Waals surface area (Å²) in [4.78, 5) is 29.1. The summed E-state index contributed by atoms with van der Waals surface area (Å²) in [5, 5.41) is 6.48. The highest BCUT2D eigenvalue weighted by Gasteiger charge is 2.12. The van der Waals surface area contributed by atoms with Gasteiger partial charge in [0.1, 0.15) is 0 Å². The Bertz CT molecular complexity index is 3280. The molecule has 0 saturated carbocycles. The first-order chi connectivity index (χ1) is 26.7. The van der Waals surface area contributed by atoms with Gasteiger partial charge in [-0.1, -0.05) is 97.1 Å². The molecule has 5 aromatic carbocycles. The summed E-state index contributed by atoms with van der Waals surface area (Å²) in [5.41, 5.74) is 13.6. The molecule has 0 atom stereocenters. The van der Waals surface area contributed by atoms with Gasteiger partial charge in [-0.2, -0.15) is 0 Å². The fourth-order valence-electron chi connectivity index (χ4n) is 7.60. The SMILES string of the molecule is c1cnc2c(c1)ccc1ccc(-c3ccc4ccc(-c5ccc6nc(-c7ccc(-c8ccnc9c8ccc8cccnc89)cc7)ccc6c5)cc4n3)nc12. The molecule has 0 amide bonds. The summed E-state index contributed by atoms with van der Waals surface area (Å²) in [6.45, 7) is 0. The van der Waals surface area contributed by atoms with E-state index in [0.29, 0.717) is 0 Å². The van der Waals surface area contributed by atoms with E-state index in [0.717, 1.165) is 110 Å². The van der Waals surface area contributed by atoms with Gasteiger partial charge in [-0.25, -0.2) is 15.0 Å². The number of rotatable bonds is 4. The lowest BCUT2D eigenvalue weighted by atomic mass is 9.98. The van der Waals surface area contributed by atoms with Crippen LogP contribution in [-0.4, -0.2) is 29.9 Å². The normalized spacial score (nSPS) is 11.7. The van der Waals surface area contributed by atoms with Gasteiger partial charge < -0.3 is 0 Å². The first-order valence-electron chi connectivity index (χ1n) is 17.9. The van der Waals surface area contributed by atoms with Gasteiger partial charge in [0.2, 0.25) is 0 Å². The van der Waals surface area contributed by atoms with E-state index in [2.05, 4.69) is 142 Å². The highest BCUT2D eigenvalue weighted by Crippen LogP contribution is 2.34. The molecule has 0 spiro atoms. The number of hydrogen-bond donors (Lipinski definition) is 0. The van der Waals surface area contributed by atoms with Crippen molar-refractivity contribution in [2.75, 3.05) is 0 Å². The lowest BCUT2D eigenvalue weighted by Gasteiger charge is -2.10. The van der Waals surface area contributed by atoms with Crippen molar-refractivity contribution in [3.05, 3.63) is 170 Å². The van der Waals surface area contributed by atoms with Gasteiger partial charge in [-0.05, 0) is 76.9 Å². The van der Waals surface area contributed by atoms with Gasteiger partial charge in [0.05, 0.1) is 50.2 Å². The lowest BCUT2D eigenvalue weighted by molar-refractivity contribution is 1.31. The molecule has 11 rings (SSSR count). The standard InChI is InChI=1S/C48H28N6/c1-3-32-10-11-34-15-22-43(54-47(34)45(32)49-24-1)42-21-14-31-9-12-36(28-44(31)53-42)35-16-19-41-37(27-35)17-20-40(52-41)30-7-5-29(6-8-30)38-23-26-51-48-39(38)18-13-33-4-2-25-50-46(33)48/h1-28H. The maximum Gasteiger partial charge on any atom is 0.0972 e. The van der Waals surface area contributed by atoms with Crippen molar-refractivity contribution in [2.45, 2.75) is 0 Å². The monoisotopic (exact) mass is 688 g/mol. The molecule has 11 aromatic rings. The van der Waals surface area contributed by atoms with Crippen molar-refractivity contribution >= 4 is 65.4 Å². The maximum atomic E-state index is 5.08. The zero-order valence-corrected chi connectivity index (χ0v) is 28.8. The fourth-order valence-corrected chi connectivity index (χ4v) is 7.60. The van der Waals surface area contributed by atoms with Crippen LogP contribution in [0, 0.1) is 0 Å². The Kier molecular flexibility index (Phi) is 6.75. The summed E-state index contributed by atoms with van der Waals surface area (Å²) >= 11 is 0. The molecule has 0 radical (unpaired) electrons. The number of nitrogens with zero attached hydrogens (tertiary/aromatic N) is 6. The molecule has 6 aromatic heterocycles. The Labute approximate surface area is 309 Å². The molecular weight excluding hydrogens is 661 g/mol. The molecule has 6 nitrogen and oxygen atoms in total. The van der Waals surface area contributed by atoms with E-state index in [1.54, 1.807) is 0 Å². The van der Waals surface area contributed by atoms with Crippen molar-refractivity contribution in [3.63, 3.8) is 0 Å². The predicted octanol–water partition coefficient (Wildman–Crippen LogP) is 11.6. The Hall–Kier alpha value is -7.44. The molecule has 0 unspecified atom stereocenters. The summed E-state index contributed by atoms with van der Waals surface area (Å²) in [7, 11) is 0. The smallest absolute Gasteiger partial charge is 0.0972 e. The Morgan fingerprint density at radius 2 is 0.852 bits per heavy atom. The predicted molar refractivity (Wildman–Crippen MR) is 220 cm³/mol. The largest absolute Gasteiger partial charge is 0.254 e.